The van der Waals surface area contributed by atoms with E-state index in [1.807, 2.05) is 31.3 Å². The SMILES string of the molecule is CCOC1=C(N=C2C3=CCC=CC3N(C)c3ccccc32)C(=O)c2c(O)ccc(O)c2C1=O. The van der Waals surface area contributed by atoms with E-state index in [0.717, 1.165) is 23.2 Å². The molecule has 1 unspecified atom stereocenters. The van der Waals surface area contributed by atoms with E-state index < -0.39 is 23.1 Å². The summed E-state index contributed by atoms with van der Waals surface area (Å²) in [6, 6.07) is 10.0. The summed E-state index contributed by atoms with van der Waals surface area (Å²) in [5.41, 5.74) is 2.56. The molecule has 33 heavy (non-hydrogen) atoms. The zero-order valence-corrected chi connectivity index (χ0v) is 18.2. The van der Waals surface area contributed by atoms with Gasteiger partial charge >= 0.3 is 0 Å². The van der Waals surface area contributed by atoms with Crippen molar-refractivity contribution in [3.05, 3.63) is 88.3 Å². The van der Waals surface area contributed by atoms with Crippen LogP contribution in [0.15, 0.2) is 76.6 Å². The van der Waals surface area contributed by atoms with E-state index in [0.29, 0.717) is 5.71 Å². The fraction of sp³-hybridized carbons (Fsp3) is 0.192. The third-order valence-electron chi connectivity index (χ3n) is 6.10. The van der Waals surface area contributed by atoms with Crippen LogP contribution in [0.25, 0.3) is 0 Å². The van der Waals surface area contributed by atoms with Gasteiger partial charge in [-0.25, -0.2) is 4.99 Å². The number of ether oxygens (including phenoxy) is 1. The maximum absolute atomic E-state index is 13.5. The number of aliphatic imine (C=N–C) groups is 1. The maximum atomic E-state index is 13.5. The second-order valence-corrected chi connectivity index (χ2v) is 7.98. The Morgan fingerprint density at radius 2 is 1.76 bits per heavy atom. The number of ketones is 2. The van der Waals surface area contributed by atoms with Crippen LogP contribution in [0.5, 0.6) is 11.5 Å². The molecule has 0 fully saturated rings. The smallest absolute Gasteiger partial charge is 0.234 e. The minimum atomic E-state index is -0.686. The molecule has 0 aromatic heterocycles. The summed E-state index contributed by atoms with van der Waals surface area (Å²) < 4.78 is 5.58. The van der Waals surface area contributed by atoms with E-state index in [2.05, 4.69) is 23.1 Å². The Morgan fingerprint density at radius 1 is 1.06 bits per heavy atom. The summed E-state index contributed by atoms with van der Waals surface area (Å²) in [7, 11) is 2.00. The van der Waals surface area contributed by atoms with Gasteiger partial charge in [0, 0.05) is 23.9 Å². The van der Waals surface area contributed by atoms with Crippen molar-refractivity contribution in [2.45, 2.75) is 19.4 Å². The molecule has 2 N–H and O–H groups in total. The van der Waals surface area contributed by atoms with Gasteiger partial charge in [0.2, 0.25) is 11.6 Å². The van der Waals surface area contributed by atoms with Crippen LogP contribution in [0, 0.1) is 0 Å². The summed E-state index contributed by atoms with van der Waals surface area (Å²) in [5.74, 6) is -2.38. The van der Waals surface area contributed by atoms with Crippen molar-refractivity contribution in [1.29, 1.82) is 0 Å². The molecule has 5 rings (SSSR count). The van der Waals surface area contributed by atoms with Crippen LogP contribution < -0.4 is 4.90 Å². The molecule has 0 amide bonds. The molecule has 2 aromatic carbocycles. The third-order valence-corrected chi connectivity index (χ3v) is 6.10. The number of para-hydroxylation sites is 1. The molecule has 3 aliphatic rings. The quantitative estimate of drug-likeness (QED) is 0.552. The van der Waals surface area contributed by atoms with Gasteiger partial charge in [-0.1, -0.05) is 36.4 Å². The topological polar surface area (TPSA) is 99.4 Å². The molecule has 166 valence electrons. The number of hydrogen-bond acceptors (Lipinski definition) is 7. The lowest BCUT2D eigenvalue weighted by Gasteiger charge is -2.38. The van der Waals surface area contributed by atoms with E-state index in [1.54, 1.807) is 6.92 Å². The molecule has 0 saturated carbocycles. The molecule has 1 aliphatic heterocycles. The van der Waals surface area contributed by atoms with Crippen LogP contribution in [-0.4, -0.2) is 47.2 Å². The lowest BCUT2D eigenvalue weighted by Crippen LogP contribution is -2.41. The Balaban J connectivity index is 1.78. The molecule has 1 heterocycles. The van der Waals surface area contributed by atoms with Crippen LogP contribution in [-0.2, 0) is 4.74 Å². The highest BCUT2D eigenvalue weighted by Crippen LogP contribution is 2.40. The Morgan fingerprint density at radius 3 is 2.48 bits per heavy atom. The van der Waals surface area contributed by atoms with Crippen LogP contribution in [0.4, 0.5) is 5.69 Å². The minimum absolute atomic E-state index is 0.0670. The number of carbonyl (C=O) groups excluding carboxylic acids is 2. The number of nitrogens with zero attached hydrogens (tertiary/aromatic N) is 2. The Kier molecular flexibility index (Phi) is 4.89. The molecule has 2 aliphatic carbocycles. The first-order chi connectivity index (χ1) is 15.9. The highest BCUT2D eigenvalue weighted by molar-refractivity contribution is 6.30. The van der Waals surface area contributed by atoms with Crippen molar-refractivity contribution >= 4 is 23.0 Å². The summed E-state index contributed by atoms with van der Waals surface area (Å²) in [5, 5.41) is 20.6. The normalized spacial score (nSPS) is 20.4. The zero-order valence-electron chi connectivity index (χ0n) is 18.2. The van der Waals surface area contributed by atoms with Crippen molar-refractivity contribution < 1.29 is 24.5 Å². The molecule has 7 nitrogen and oxygen atoms in total. The van der Waals surface area contributed by atoms with E-state index in [1.165, 1.54) is 12.1 Å². The van der Waals surface area contributed by atoms with Crippen molar-refractivity contribution in [2.75, 3.05) is 18.6 Å². The average Bonchev–Trinajstić information content (AvgIpc) is 2.83. The predicted molar refractivity (Wildman–Crippen MR) is 124 cm³/mol. The van der Waals surface area contributed by atoms with Crippen molar-refractivity contribution in [3.63, 3.8) is 0 Å². The van der Waals surface area contributed by atoms with Crippen LogP contribution in [0.3, 0.4) is 0 Å². The number of phenols is 2. The molecule has 7 heteroatoms. The van der Waals surface area contributed by atoms with Gasteiger partial charge in [0.15, 0.2) is 11.5 Å². The number of allylic oxidation sites excluding steroid dienone is 4. The summed E-state index contributed by atoms with van der Waals surface area (Å²) >= 11 is 0. The van der Waals surface area contributed by atoms with Gasteiger partial charge in [-0.05, 0) is 31.5 Å². The third kappa shape index (κ3) is 3.08. The number of Topliss-reactive ketones (excluding diaryl/α,β-unsaturated/α-hetero) is 2. The lowest BCUT2D eigenvalue weighted by molar-refractivity contribution is 0.0874. The van der Waals surface area contributed by atoms with Gasteiger partial charge in [-0.15, -0.1) is 0 Å². The first-order valence-electron chi connectivity index (χ1n) is 10.7. The second-order valence-electron chi connectivity index (χ2n) is 7.98. The van der Waals surface area contributed by atoms with Crippen LogP contribution >= 0.6 is 0 Å². The first kappa shape index (κ1) is 20.8. The number of rotatable bonds is 3. The summed E-state index contributed by atoms with van der Waals surface area (Å²) in [6.07, 6.45) is 6.95. The van der Waals surface area contributed by atoms with Crippen LogP contribution in [0.2, 0.25) is 0 Å². The van der Waals surface area contributed by atoms with Gasteiger partial charge in [0.05, 0.1) is 29.5 Å². The number of aromatic hydroxyl groups is 2. The number of likely N-dealkylation sites (N-methyl/N-ethyl adjacent to an activating group) is 1. The highest BCUT2D eigenvalue weighted by atomic mass is 16.5. The minimum Gasteiger partial charge on any atom is -0.507 e. The predicted octanol–water partition coefficient (Wildman–Crippen LogP) is 3.92. The number of hydrogen-bond donors (Lipinski definition) is 2. The molecular weight excluding hydrogens is 420 g/mol. The molecule has 0 saturated heterocycles. The van der Waals surface area contributed by atoms with E-state index in [-0.39, 0.29) is 35.2 Å². The van der Waals surface area contributed by atoms with E-state index in [4.69, 9.17) is 9.73 Å². The first-order valence-corrected chi connectivity index (χ1v) is 10.7. The van der Waals surface area contributed by atoms with Gasteiger partial charge in [-0.2, -0.15) is 0 Å². The molecule has 0 bridgehead atoms. The number of fused-ring (bicyclic) bond motifs is 3. The Bertz CT molecular complexity index is 1330. The van der Waals surface area contributed by atoms with Crippen molar-refractivity contribution in [3.8, 4) is 11.5 Å². The van der Waals surface area contributed by atoms with E-state index in [9.17, 15) is 19.8 Å². The number of carbonyl (C=O) groups is 2. The van der Waals surface area contributed by atoms with Crippen molar-refractivity contribution in [1.82, 2.24) is 0 Å². The maximum Gasteiger partial charge on any atom is 0.234 e. The summed E-state index contributed by atoms with van der Waals surface area (Å²) in [4.78, 5) is 33.6. The molecule has 1 atom stereocenters. The fourth-order valence-corrected chi connectivity index (χ4v) is 4.59. The van der Waals surface area contributed by atoms with Gasteiger partial charge in [0.25, 0.3) is 0 Å². The fourth-order valence-electron chi connectivity index (χ4n) is 4.59. The Labute approximate surface area is 190 Å². The number of phenolic OH excluding ortho intramolecular Hbond substituents is 2. The molecular formula is C26H22N2O5. The van der Waals surface area contributed by atoms with Crippen molar-refractivity contribution in [2.24, 2.45) is 4.99 Å². The second kappa shape index (κ2) is 7.78. The lowest BCUT2D eigenvalue weighted by atomic mass is 9.85. The monoisotopic (exact) mass is 442 g/mol. The van der Waals surface area contributed by atoms with E-state index >= 15 is 0 Å². The molecule has 0 radical (unpaired) electrons. The number of benzene rings is 2. The Hall–Kier alpha value is -4.13. The average molecular weight is 442 g/mol. The highest BCUT2D eigenvalue weighted by Gasteiger charge is 2.39. The van der Waals surface area contributed by atoms with Gasteiger partial charge in [0.1, 0.15) is 11.5 Å². The standard InChI is InChI=1S/C26H22N2O5/c1-3-33-26-23(24(31)20-18(29)12-13-19(30)21(20)25(26)32)27-22-14-8-4-6-10-16(14)28(2)17-11-7-5-9-15(17)22/h4,6-13,17,29-30H,3,5H2,1-2H3. The van der Waals surface area contributed by atoms with Gasteiger partial charge < -0.3 is 19.8 Å². The molecule has 2 aromatic rings. The molecule has 0 spiro atoms. The largest absolute Gasteiger partial charge is 0.507 e. The zero-order chi connectivity index (χ0) is 23.3. The van der Waals surface area contributed by atoms with Crippen LogP contribution in [0.1, 0.15) is 39.6 Å². The number of anilines is 1. The van der Waals surface area contributed by atoms with Gasteiger partial charge in [-0.3, -0.25) is 9.59 Å². The summed E-state index contributed by atoms with van der Waals surface area (Å²) in [6.45, 7) is 1.83.